The Bertz CT molecular complexity index is 287. The summed E-state index contributed by atoms with van der Waals surface area (Å²) in [6, 6.07) is 8.24. The summed E-state index contributed by atoms with van der Waals surface area (Å²) in [5.74, 6) is 1.04. The highest BCUT2D eigenvalue weighted by atomic mass is 16.5. The first kappa shape index (κ1) is 9.49. The second-order valence-corrected chi connectivity index (χ2v) is 3.81. The molecule has 1 atom stereocenters. The molecule has 1 aromatic rings. The lowest BCUT2D eigenvalue weighted by Gasteiger charge is -2.16. The summed E-state index contributed by atoms with van der Waals surface area (Å²) in [7, 11) is 3.98. The summed E-state index contributed by atoms with van der Waals surface area (Å²) in [5.41, 5.74) is 4.55. The third-order valence-electron chi connectivity index (χ3n) is 2.35. The molecule has 1 aliphatic rings. The molecule has 0 fully saturated rings. The summed E-state index contributed by atoms with van der Waals surface area (Å²) in [5, 5.41) is 1.95. The molecular weight excluding hydrogens is 176 g/mol. The van der Waals surface area contributed by atoms with Gasteiger partial charge in [-0.05, 0) is 11.6 Å². The Balaban J connectivity index is 1.92. The summed E-state index contributed by atoms with van der Waals surface area (Å²) >= 11 is 0. The van der Waals surface area contributed by atoms with Crippen molar-refractivity contribution < 1.29 is 4.74 Å². The first-order valence-electron chi connectivity index (χ1n) is 4.91. The largest absolute Gasteiger partial charge is 0.488 e. The lowest BCUT2D eigenvalue weighted by atomic mass is 10.1. The first-order chi connectivity index (χ1) is 6.75. The Kier molecular flexibility index (Phi) is 2.70. The van der Waals surface area contributed by atoms with Gasteiger partial charge in [-0.15, -0.1) is 0 Å². The molecule has 1 aliphatic heterocycles. The molecule has 1 heterocycles. The van der Waals surface area contributed by atoms with E-state index >= 15 is 0 Å². The van der Waals surface area contributed by atoms with Gasteiger partial charge in [0.1, 0.15) is 11.9 Å². The second kappa shape index (κ2) is 3.98. The Morgan fingerprint density at radius 3 is 2.93 bits per heavy atom. The fourth-order valence-electron chi connectivity index (χ4n) is 1.65. The minimum Gasteiger partial charge on any atom is -0.488 e. The molecule has 0 saturated carbocycles. The Morgan fingerprint density at radius 2 is 2.21 bits per heavy atom. The highest BCUT2D eigenvalue weighted by Gasteiger charge is 2.21. The van der Waals surface area contributed by atoms with Gasteiger partial charge in [-0.1, -0.05) is 18.2 Å². The fourth-order valence-corrected chi connectivity index (χ4v) is 1.65. The third-order valence-corrected chi connectivity index (χ3v) is 2.35. The summed E-state index contributed by atoms with van der Waals surface area (Å²) in [6.07, 6.45) is 1.28. The van der Waals surface area contributed by atoms with E-state index in [9.17, 15) is 0 Å². The molecule has 1 unspecified atom stereocenters. The number of rotatable bonds is 3. The lowest BCUT2D eigenvalue weighted by Crippen LogP contribution is -2.38. The highest BCUT2D eigenvalue weighted by molar-refractivity contribution is 5.37. The van der Waals surface area contributed by atoms with Gasteiger partial charge < -0.3 is 4.74 Å². The van der Waals surface area contributed by atoms with Crippen molar-refractivity contribution in [2.45, 2.75) is 12.5 Å². The number of benzene rings is 1. The van der Waals surface area contributed by atoms with Gasteiger partial charge >= 0.3 is 0 Å². The molecule has 3 nitrogen and oxygen atoms in total. The Morgan fingerprint density at radius 1 is 1.43 bits per heavy atom. The molecule has 0 aliphatic carbocycles. The average Bonchev–Trinajstić information content (AvgIpc) is 2.57. The van der Waals surface area contributed by atoms with Gasteiger partial charge in [-0.25, -0.2) is 0 Å². The standard InChI is InChI=1S/C11H16N2O/c1-13(2)12-8-10-7-9-5-3-4-6-11(9)14-10/h3-6,10,12H,7-8H2,1-2H3. The van der Waals surface area contributed by atoms with Crippen LogP contribution in [0.25, 0.3) is 0 Å². The summed E-state index contributed by atoms with van der Waals surface area (Å²) < 4.78 is 5.77. The zero-order valence-corrected chi connectivity index (χ0v) is 8.66. The maximum absolute atomic E-state index is 5.77. The molecule has 2 rings (SSSR count). The fraction of sp³-hybridized carbons (Fsp3) is 0.455. The number of nitrogens with zero attached hydrogens (tertiary/aromatic N) is 1. The van der Waals surface area contributed by atoms with Gasteiger partial charge in [0.15, 0.2) is 0 Å². The van der Waals surface area contributed by atoms with Crippen molar-refractivity contribution >= 4 is 0 Å². The van der Waals surface area contributed by atoms with Crippen LogP contribution in [0.1, 0.15) is 5.56 Å². The van der Waals surface area contributed by atoms with Crippen molar-refractivity contribution in [3.63, 3.8) is 0 Å². The number of para-hydroxylation sites is 1. The van der Waals surface area contributed by atoms with Crippen molar-refractivity contribution in [2.75, 3.05) is 20.6 Å². The zero-order chi connectivity index (χ0) is 9.97. The van der Waals surface area contributed by atoms with Crippen LogP contribution in [0.4, 0.5) is 0 Å². The normalized spacial score (nSPS) is 19.5. The topological polar surface area (TPSA) is 24.5 Å². The van der Waals surface area contributed by atoms with E-state index in [1.54, 1.807) is 0 Å². The van der Waals surface area contributed by atoms with Crippen LogP contribution in [0.2, 0.25) is 0 Å². The second-order valence-electron chi connectivity index (χ2n) is 3.81. The van der Waals surface area contributed by atoms with Gasteiger partial charge in [0.25, 0.3) is 0 Å². The Hall–Kier alpha value is -1.06. The van der Waals surface area contributed by atoms with Gasteiger partial charge in [0.05, 0.1) is 0 Å². The van der Waals surface area contributed by atoms with Crippen LogP contribution < -0.4 is 10.2 Å². The molecule has 0 amide bonds. The summed E-state index contributed by atoms with van der Waals surface area (Å²) in [4.78, 5) is 0. The van der Waals surface area contributed by atoms with E-state index in [2.05, 4.69) is 17.6 Å². The predicted octanol–water partition coefficient (Wildman–Crippen LogP) is 1.06. The van der Waals surface area contributed by atoms with Gasteiger partial charge in [-0.2, -0.15) is 0 Å². The van der Waals surface area contributed by atoms with Crippen LogP contribution in [0.3, 0.4) is 0 Å². The van der Waals surface area contributed by atoms with E-state index in [4.69, 9.17) is 4.74 Å². The van der Waals surface area contributed by atoms with Crippen LogP contribution in [-0.2, 0) is 6.42 Å². The molecule has 1 aromatic carbocycles. The molecule has 1 N–H and O–H groups in total. The van der Waals surface area contributed by atoms with E-state index < -0.39 is 0 Å². The van der Waals surface area contributed by atoms with E-state index in [0.29, 0.717) is 0 Å². The van der Waals surface area contributed by atoms with E-state index in [1.807, 2.05) is 31.2 Å². The predicted molar refractivity (Wildman–Crippen MR) is 56.3 cm³/mol. The van der Waals surface area contributed by atoms with Crippen LogP contribution >= 0.6 is 0 Å². The minimum atomic E-state index is 0.273. The smallest absolute Gasteiger partial charge is 0.123 e. The molecule has 0 spiro atoms. The lowest BCUT2D eigenvalue weighted by molar-refractivity contribution is 0.181. The Labute approximate surface area is 84.6 Å². The zero-order valence-electron chi connectivity index (χ0n) is 8.66. The number of ether oxygens (including phenoxy) is 1. The average molecular weight is 192 g/mol. The maximum atomic E-state index is 5.77. The van der Waals surface area contributed by atoms with Crippen molar-refractivity contribution in [1.82, 2.24) is 10.4 Å². The van der Waals surface area contributed by atoms with Crippen molar-refractivity contribution in [1.29, 1.82) is 0 Å². The van der Waals surface area contributed by atoms with Crippen LogP contribution in [0.5, 0.6) is 5.75 Å². The van der Waals surface area contributed by atoms with E-state index in [0.717, 1.165) is 18.7 Å². The van der Waals surface area contributed by atoms with Gasteiger partial charge in [0, 0.05) is 27.1 Å². The van der Waals surface area contributed by atoms with E-state index in [1.165, 1.54) is 5.56 Å². The highest BCUT2D eigenvalue weighted by Crippen LogP contribution is 2.27. The molecule has 0 bridgehead atoms. The SMILES string of the molecule is CN(C)NCC1Cc2ccccc2O1. The molecule has 76 valence electrons. The quantitative estimate of drug-likeness (QED) is 0.725. The van der Waals surface area contributed by atoms with Crippen molar-refractivity contribution in [3.05, 3.63) is 29.8 Å². The minimum absolute atomic E-state index is 0.273. The number of hydrazine groups is 1. The number of hydrogen-bond acceptors (Lipinski definition) is 3. The molecular formula is C11H16N2O. The van der Waals surface area contributed by atoms with Crippen molar-refractivity contribution in [3.8, 4) is 5.75 Å². The maximum Gasteiger partial charge on any atom is 0.123 e. The molecule has 0 radical (unpaired) electrons. The van der Waals surface area contributed by atoms with Crippen LogP contribution in [0, 0.1) is 0 Å². The monoisotopic (exact) mass is 192 g/mol. The molecule has 0 saturated heterocycles. The summed E-state index contributed by atoms with van der Waals surface area (Å²) in [6.45, 7) is 0.863. The molecule has 3 heteroatoms. The van der Waals surface area contributed by atoms with Crippen molar-refractivity contribution in [2.24, 2.45) is 0 Å². The number of nitrogens with one attached hydrogen (secondary N) is 1. The van der Waals surface area contributed by atoms with Gasteiger partial charge in [-0.3, -0.25) is 10.4 Å². The number of hydrogen-bond donors (Lipinski definition) is 1. The molecule has 14 heavy (non-hydrogen) atoms. The van der Waals surface area contributed by atoms with Gasteiger partial charge in [0.2, 0.25) is 0 Å². The third kappa shape index (κ3) is 2.05. The van der Waals surface area contributed by atoms with Crippen LogP contribution in [0.15, 0.2) is 24.3 Å². The van der Waals surface area contributed by atoms with Crippen LogP contribution in [-0.4, -0.2) is 31.8 Å². The number of fused-ring (bicyclic) bond motifs is 1. The molecule has 0 aromatic heterocycles. The first-order valence-corrected chi connectivity index (χ1v) is 4.91. The van der Waals surface area contributed by atoms with E-state index in [-0.39, 0.29) is 6.10 Å².